The van der Waals surface area contributed by atoms with Gasteiger partial charge in [0.05, 0.1) is 51.9 Å². The Balaban J connectivity index is 1.13. The van der Waals surface area contributed by atoms with Gasteiger partial charge in [-0.1, -0.05) is 24.3 Å². The summed E-state index contributed by atoms with van der Waals surface area (Å²) in [6.45, 7) is 9.09. The van der Waals surface area contributed by atoms with Crippen molar-refractivity contribution in [3.63, 3.8) is 0 Å². The highest BCUT2D eigenvalue weighted by Crippen LogP contribution is 2.28. The molecular formula is C19H28N8O4. The van der Waals surface area contributed by atoms with Crippen molar-refractivity contribution in [2.24, 2.45) is 10.8 Å². The fourth-order valence-electron chi connectivity index (χ4n) is 3.50. The van der Waals surface area contributed by atoms with Crippen LogP contribution in [0.3, 0.4) is 0 Å². The van der Waals surface area contributed by atoms with Crippen LogP contribution in [-0.2, 0) is 22.6 Å². The molecule has 2 saturated heterocycles. The summed E-state index contributed by atoms with van der Waals surface area (Å²) in [6.07, 6.45) is 3.85. The van der Waals surface area contributed by atoms with Gasteiger partial charge < -0.3 is 20.1 Å². The highest BCUT2D eigenvalue weighted by molar-refractivity contribution is 5.92. The van der Waals surface area contributed by atoms with E-state index in [-0.39, 0.29) is 34.0 Å². The Morgan fingerprint density at radius 1 is 0.871 bits per heavy atom. The number of hydrogen-bond acceptors (Lipinski definition) is 8. The molecule has 0 aliphatic carbocycles. The maximum atomic E-state index is 12.2. The van der Waals surface area contributed by atoms with Crippen molar-refractivity contribution in [1.29, 1.82) is 0 Å². The Kier molecular flexibility index (Phi) is 6.01. The maximum absolute atomic E-state index is 12.2. The fourth-order valence-corrected chi connectivity index (χ4v) is 3.50. The first kappa shape index (κ1) is 21.4. The number of amides is 2. The average Bonchev–Trinajstić information content (AvgIpc) is 3.34. The molecule has 2 aliphatic rings. The van der Waals surface area contributed by atoms with Gasteiger partial charge in [-0.05, 0) is 6.42 Å². The summed E-state index contributed by atoms with van der Waals surface area (Å²) in [4.78, 5) is 24.4. The largest absolute Gasteiger partial charge is 0.380 e. The average molecular weight is 432 g/mol. The predicted octanol–water partition coefficient (Wildman–Crippen LogP) is -0.507. The number of rotatable bonds is 10. The number of carbonyl (C=O) groups is 2. The van der Waals surface area contributed by atoms with Crippen LogP contribution in [0, 0.1) is 10.8 Å². The molecule has 0 radical (unpaired) electrons. The molecule has 0 spiro atoms. The third-order valence-corrected chi connectivity index (χ3v) is 5.36. The van der Waals surface area contributed by atoms with Crippen LogP contribution in [-0.4, -0.2) is 81.3 Å². The lowest BCUT2D eigenvalue weighted by Gasteiger charge is -2.37. The molecule has 0 bridgehead atoms. The summed E-state index contributed by atoms with van der Waals surface area (Å²) in [7, 11) is 0. The van der Waals surface area contributed by atoms with Crippen molar-refractivity contribution in [2.45, 2.75) is 33.4 Å². The van der Waals surface area contributed by atoms with Gasteiger partial charge in [-0.15, -0.1) is 10.2 Å². The van der Waals surface area contributed by atoms with E-state index in [1.807, 2.05) is 0 Å². The van der Waals surface area contributed by atoms with Crippen molar-refractivity contribution in [3.05, 3.63) is 23.8 Å². The number of carbonyl (C=O) groups excluding carboxylic acids is 2. The second-order valence-electron chi connectivity index (χ2n) is 9.07. The maximum Gasteiger partial charge on any atom is 0.273 e. The minimum Gasteiger partial charge on any atom is -0.380 e. The zero-order valence-electron chi connectivity index (χ0n) is 17.8. The van der Waals surface area contributed by atoms with Gasteiger partial charge in [0.15, 0.2) is 11.4 Å². The summed E-state index contributed by atoms with van der Waals surface area (Å²) < 4.78 is 13.8. The van der Waals surface area contributed by atoms with Crippen LogP contribution in [0.4, 0.5) is 0 Å². The summed E-state index contributed by atoms with van der Waals surface area (Å²) in [6, 6.07) is 0. The molecule has 4 heterocycles. The SMILES string of the molecule is CC1(Cn2cc(C(=O)NCCCNC(=O)c3cn(CC4(C)COC4)nn3)nn2)COC1. The molecule has 0 atom stereocenters. The Morgan fingerprint density at radius 3 is 1.65 bits per heavy atom. The van der Waals surface area contributed by atoms with Crippen LogP contribution >= 0.6 is 0 Å². The summed E-state index contributed by atoms with van der Waals surface area (Å²) in [5.41, 5.74) is 0.647. The van der Waals surface area contributed by atoms with Crippen LogP contribution < -0.4 is 10.6 Å². The number of ether oxygens (including phenoxy) is 2. The van der Waals surface area contributed by atoms with Gasteiger partial charge >= 0.3 is 0 Å². The lowest BCUT2D eigenvalue weighted by molar-refractivity contribution is -0.111. The van der Waals surface area contributed by atoms with E-state index in [2.05, 4.69) is 45.1 Å². The lowest BCUT2D eigenvalue weighted by atomic mass is 9.89. The highest BCUT2D eigenvalue weighted by atomic mass is 16.5. The first-order chi connectivity index (χ1) is 14.8. The third kappa shape index (κ3) is 5.25. The van der Waals surface area contributed by atoms with Gasteiger partial charge in [0.25, 0.3) is 11.8 Å². The zero-order valence-corrected chi connectivity index (χ0v) is 17.8. The van der Waals surface area contributed by atoms with Gasteiger partial charge in [0.2, 0.25) is 0 Å². The van der Waals surface area contributed by atoms with E-state index in [4.69, 9.17) is 9.47 Å². The second kappa shape index (κ2) is 8.71. The molecule has 2 N–H and O–H groups in total. The molecule has 2 fully saturated rings. The number of nitrogens with zero attached hydrogens (tertiary/aromatic N) is 6. The normalized spacial score (nSPS) is 18.6. The summed E-state index contributed by atoms with van der Waals surface area (Å²) >= 11 is 0. The molecule has 12 nitrogen and oxygen atoms in total. The van der Waals surface area contributed by atoms with Crippen molar-refractivity contribution >= 4 is 11.8 Å². The monoisotopic (exact) mass is 432 g/mol. The van der Waals surface area contributed by atoms with Crippen molar-refractivity contribution in [2.75, 3.05) is 39.5 Å². The van der Waals surface area contributed by atoms with Gasteiger partial charge in [-0.3, -0.25) is 19.0 Å². The molecule has 0 aromatic carbocycles. The Labute approximate surface area is 179 Å². The highest BCUT2D eigenvalue weighted by Gasteiger charge is 2.35. The van der Waals surface area contributed by atoms with E-state index < -0.39 is 0 Å². The molecule has 2 aliphatic heterocycles. The second-order valence-corrected chi connectivity index (χ2v) is 9.07. The molecule has 0 saturated carbocycles. The molecule has 168 valence electrons. The lowest BCUT2D eigenvalue weighted by Crippen LogP contribution is -2.43. The first-order valence-electron chi connectivity index (χ1n) is 10.4. The standard InChI is InChI=1S/C19H28N8O4/c1-18(10-30-11-18)8-26-6-14(22-24-26)16(28)20-4-3-5-21-17(29)15-7-27(25-23-15)9-19(2)12-31-13-19/h6-7H,3-5,8-13H2,1-2H3,(H,20,28)(H,21,29). The molecule has 12 heteroatoms. The summed E-state index contributed by atoms with van der Waals surface area (Å²) in [5.74, 6) is -0.576. The summed E-state index contributed by atoms with van der Waals surface area (Å²) in [5, 5.41) is 21.4. The van der Waals surface area contributed by atoms with Crippen molar-refractivity contribution < 1.29 is 19.1 Å². The third-order valence-electron chi connectivity index (χ3n) is 5.36. The Morgan fingerprint density at radius 2 is 1.29 bits per heavy atom. The number of aromatic nitrogens is 6. The van der Waals surface area contributed by atoms with Gasteiger partial charge in [-0.25, -0.2) is 0 Å². The fraction of sp³-hybridized carbons (Fsp3) is 0.684. The van der Waals surface area contributed by atoms with Crippen molar-refractivity contribution in [1.82, 2.24) is 40.6 Å². The van der Waals surface area contributed by atoms with Gasteiger partial charge in [0.1, 0.15) is 0 Å². The van der Waals surface area contributed by atoms with E-state index in [0.717, 1.165) is 0 Å². The van der Waals surface area contributed by atoms with Gasteiger partial charge in [-0.2, -0.15) is 0 Å². The minimum absolute atomic E-state index is 0.0502. The van der Waals surface area contributed by atoms with Gasteiger partial charge in [0, 0.05) is 23.9 Å². The zero-order chi connectivity index (χ0) is 21.9. The minimum atomic E-state index is -0.288. The van der Waals surface area contributed by atoms with Crippen LogP contribution in [0.5, 0.6) is 0 Å². The van der Waals surface area contributed by atoms with E-state index in [0.29, 0.717) is 59.0 Å². The predicted molar refractivity (Wildman–Crippen MR) is 107 cm³/mol. The van der Waals surface area contributed by atoms with E-state index in [9.17, 15) is 9.59 Å². The smallest absolute Gasteiger partial charge is 0.273 e. The van der Waals surface area contributed by atoms with Crippen LogP contribution in [0.15, 0.2) is 12.4 Å². The molecule has 4 rings (SSSR count). The molecule has 2 aromatic heterocycles. The number of hydrogen-bond donors (Lipinski definition) is 2. The molecule has 31 heavy (non-hydrogen) atoms. The molecular weight excluding hydrogens is 404 g/mol. The molecule has 2 aromatic rings. The van der Waals surface area contributed by atoms with Crippen LogP contribution in [0.25, 0.3) is 0 Å². The van der Waals surface area contributed by atoms with E-state index in [1.165, 1.54) is 0 Å². The van der Waals surface area contributed by atoms with E-state index >= 15 is 0 Å². The van der Waals surface area contributed by atoms with Crippen LogP contribution in [0.2, 0.25) is 0 Å². The Hall–Kier alpha value is -2.86. The topological polar surface area (TPSA) is 138 Å². The molecule has 2 amide bonds. The number of nitrogens with one attached hydrogen (secondary N) is 2. The first-order valence-corrected chi connectivity index (χ1v) is 10.4. The van der Waals surface area contributed by atoms with Crippen LogP contribution in [0.1, 0.15) is 41.2 Å². The van der Waals surface area contributed by atoms with Crippen molar-refractivity contribution in [3.8, 4) is 0 Å². The molecule has 0 unspecified atom stereocenters. The van der Waals surface area contributed by atoms with E-state index in [1.54, 1.807) is 21.8 Å². The quantitative estimate of drug-likeness (QED) is 0.479. The Bertz CT molecular complexity index is 857.